The highest BCUT2D eigenvalue weighted by Gasteiger charge is 2.21. The van der Waals surface area contributed by atoms with E-state index >= 15 is 0 Å². The molecule has 1 amide bonds. The van der Waals surface area contributed by atoms with E-state index in [0.717, 1.165) is 67.8 Å². The van der Waals surface area contributed by atoms with Crippen LogP contribution in [0.4, 0.5) is 5.69 Å². The minimum absolute atomic E-state index is 0.217. The summed E-state index contributed by atoms with van der Waals surface area (Å²) in [6.07, 6.45) is 1.74. The highest BCUT2D eigenvalue weighted by Crippen LogP contribution is 2.29. The lowest BCUT2D eigenvalue weighted by Gasteiger charge is -2.26. The molecule has 0 bridgehead atoms. The average molecular weight is 485 g/mol. The molecule has 0 spiro atoms. The Morgan fingerprint density at radius 3 is 2.53 bits per heavy atom. The number of carbonyl (C=O) groups excluding carboxylic acids is 1. The number of methoxy groups -OCH3 is 1. The van der Waals surface area contributed by atoms with Gasteiger partial charge < -0.3 is 14.8 Å². The SMILES string of the molecule is COc1cccc2c(C(=O)Nc3ccccc3CCc3ccccc3)nn(CCN3CCOCC3)c12. The minimum atomic E-state index is -0.217. The van der Waals surface area contributed by atoms with Crippen molar-refractivity contribution in [3.8, 4) is 5.75 Å². The van der Waals surface area contributed by atoms with Gasteiger partial charge in [0.2, 0.25) is 0 Å². The Bertz CT molecular complexity index is 1310. The fraction of sp³-hybridized carbons (Fsp3) is 0.310. The number of hydrogen-bond acceptors (Lipinski definition) is 5. The van der Waals surface area contributed by atoms with Crippen molar-refractivity contribution < 1.29 is 14.3 Å². The van der Waals surface area contributed by atoms with Crippen LogP contribution in [0.2, 0.25) is 0 Å². The molecule has 1 aliphatic rings. The second kappa shape index (κ2) is 11.4. The third-order valence-corrected chi connectivity index (χ3v) is 6.69. The van der Waals surface area contributed by atoms with Crippen molar-refractivity contribution in [3.05, 3.63) is 89.6 Å². The lowest BCUT2D eigenvalue weighted by molar-refractivity contribution is 0.0361. The van der Waals surface area contributed by atoms with Crippen LogP contribution in [0.15, 0.2) is 72.8 Å². The van der Waals surface area contributed by atoms with Crippen molar-refractivity contribution in [2.24, 2.45) is 0 Å². The maximum atomic E-state index is 13.5. The number of aryl methyl sites for hydroxylation is 2. The summed E-state index contributed by atoms with van der Waals surface area (Å²) in [5.74, 6) is 0.495. The third kappa shape index (κ3) is 5.42. The van der Waals surface area contributed by atoms with Crippen LogP contribution in [0.25, 0.3) is 10.9 Å². The van der Waals surface area contributed by atoms with Gasteiger partial charge in [-0.1, -0.05) is 60.7 Å². The maximum absolute atomic E-state index is 13.5. The van der Waals surface area contributed by atoms with Gasteiger partial charge in [0.15, 0.2) is 5.69 Å². The van der Waals surface area contributed by atoms with Gasteiger partial charge in [-0.2, -0.15) is 5.10 Å². The summed E-state index contributed by atoms with van der Waals surface area (Å²) < 4.78 is 13.0. The first-order chi connectivity index (χ1) is 17.7. The molecule has 7 heteroatoms. The van der Waals surface area contributed by atoms with E-state index < -0.39 is 0 Å². The van der Waals surface area contributed by atoms with Crippen LogP contribution in [0.1, 0.15) is 21.6 Å². The first kappa shape index (κ1) is 24.0. The van der Waals surface area contributed by atoms with E-state index in [1.807, 2.05) is 47.1 Å². The molecule has 5 rings (SSSR count). The molecule has 1 aliphatic heterocycles. The quantitative estimate of drug-likeness (QED) is 0.381. The summed E-state index contributed by atoms with van der Waals surface area (Å²) in [4.78, 5) is 15.9. The number of amides is 1. The zero-order valence-electron chi connectivity index (χ0n) is 20.7. The average Bonchev–Trinajstić information content (AvgIpc) is 3.32. The number of fused-ring (bicyclic) bond motifs is 1. The number of ether oxygens (including phenoxy) is 2. The highest BCUT2D eigenvalue weighted by atomic mass is 16.5. The van der Waals surface area contributed by atoms with Gasteiger partial charge in [0.25, 0.3) is 5.91 Å². The molecule has 0 atom stereocenters. The van der Waals surface area contributed by atoms with E-state index in [4.69, 9.17) is 14.6 Å². The summed E-state index contributed by atoms with van der Waals surface area (Å²) in [5.41, 5.74) is 4.44. The molecule has 1 fully saturated rings. The van der Waals surface area contributed by atoms with Crippen LogP contribution in [-0.4, -0.2) is 60.5 Å². The zero-order chi connectivity index (χ0) is 24.7. The number of carbonyl (C=O) groups is 1. The molecule has 0 saturated carbocycles. The monoisotopic (exact) mass is 484 g/mol. The molecule has 1 saturated heterocycles. The molecule has 0 aliphatic carbocycles. The van der Waals surface area contributed by atoms with Crippen LogP contribution < -0.4 is 10.1 Å². The predicted octanol–water partition coefficient (Wildman–Crippen LogP) is 4.41. The Morgan fingerprint density at radius 1 is 0.944 bits per heavy atom. The van der Waals surface area contributed by atoms with Gasteiger partial charge in [-0.05, 0) is 36.1 Å². The summed E-state index contributed by atoms with van der Waals surface area (Å²) in [6.45, 7) is 4.81. The smallest absolute Gasteiger partial charge is 0.276 e. The summed E-state index contributed by atoms with van der Waals surface area (Å²) in [5, 5.41) is 8.68. The van der Waals surface area contributed by atoms with Crippen molar-refractivity contribution in [1.82, 2.24) is 14.7 Å². The number of nitrogens with one attached hydrogen (secondary N) is 1. The largest absolute Gasteiger partial charge is 0.494 e. The van der Waals surface area contributed by atoms with Crippen molar-refractivity contribution in [1.29, 1.82) is 0 Å². The first-order valence-electron chi connectivity index (χ1n) is 12.5. The van der Waals surface area contributed by atoms with E-state index in [2.05, 4.69) is 40.5 Å². The number of nitrogens with zero attached hydrogens (tertiary/aromatic N) is 3. The Kier molecular flexibility index (Phi) is 7.59. The number of hydrogen-bond donors (Lipinski definition) is 1. The Labute approximate surface area is 211 Å². The van der Waals surface area contributed by atoms with Crippen LogP contribution in [0.3, 0.4) is 0 Å². The second-order valence-corrected chi connectivity index (χ2v) is 8.98. The van der Waals surface area contributed by atoms with Crippen LogP contribution in [0, 0.1) is 0 Å². The van der Waals surface area contributed by atoms with E-state index in [9.17, 15) is 4.79 Å². The molecule has 0 radical (unpaired) electrons. The minimum Gasteiger partial charge on any atom is -0.494 e. The van der Waals surface area contributed by atoms with Gasteiger partial charge in [0.1, 0.15) is 11.3 Å². The molecule has 7 nitrogen and oxygen atoms in total. The number of aromatic nitrogens is 2. The van der Waals surface area contributed by atoms with Crippen LogP contribution >= 0.6 is 0 Å². The highest BCUT2D eigenvalue weighted by molar-refractivity contribution is 6.12. The number of morpholine rings is 1. The topological polar surface area (TPSA) is 68.6 Å². The summed E-state index contributed by atoms with van der Waals surface area (Å²) in [7, 11) is 1.65. The van der Waals surface area contributed by atoms with Gasteiger partial charge in [-0.3, -0.25) is 14.4 Å². The van der Waals surface area contributed by atoms with Gasteiger partial charge in [-0.25, -0.2) is 0 Å². The first-order valence-corrected chi connectivity index (χ1v) is 12.5. The Balaban J connectivity index is 1.38. The van der Waals surface area contributed by atoms with Gasteiger partial charge in [-0.15, -0.1) is 0 Å². The second-order valence-electron chi connectivity index (χ2n) is 8.98. The Morgan fingerprint density at radius 2 is 1.72 bits per heavy atom. The lowest BCUT2D eigenvalue weighted by atomic mass is 10.0. The van der Waals surface area contributed by atoms with Crippen LogP contribution in [-0.2, 0) is 24.1 Å². The number of benzene rings is 3. The van der Waals surface area contributed by atoms with E-state index in [1.54, 1.807) is 7.11 Å². The van der Waals surface area contributed by atoms with Crippen LogP contribution in [0.5, 0.6) is 5.75 Å². The van der Waals surface area contributed by atoms with E-state index in [0.29, 0.717) is 18.0 Å². The number of anilines is 1. The zero-order valence-corrected chi connectivity index (χ0v) is 20.7. The van der Waals surface area contributed by atoms with Crippen molar-refractivity contribution in [2.75, 3.05) is 45.3 Å². The molecule has 186 valence electrons. The molecular weight excluding hydrogens is 452 g/mol. The fourth-order valence-corrected chi connectivity index (χ4v) is 4.72. The normalized spacial score (nSPS) is 14.1. The molecule has 2 heterocycles. The standard InChI is InChI=1S/C29H32N4O3/c1-35-26-13-7-11-24-27(31-33(28(24)26)17-16-32-18-20-36-21-19-32)29(34)30-25-12-6-5-10-23(25)15-14-22-8-3-2-4-9-22/h2-13H,14-21H2,1H3,(H,30,34). The van der Waals surface area contributed by atoms with Crippen molar-refractivity contribution in [3.63, 3.8) is 0 Å². The maximum Gasteiger partial charge on any atom is 0.276 e. The van der Waals surface area contributed by atoms with Gasteiger partial charge >= 0.3 is 0 Å². The third-order valence-electron chi connectivity index (χ3n) is 6.69. The number of rotatable bonds is 9. The Hall–Kier alpha value is -3.68. The summed E-state index contributed by atoms with van der Waals surface area (Å²) >= 11 is 0. The molecule has 0 unspecified atom stereocenters. The van der Waals surface area contributed by atoms with Gasteiger partial charge in [0.05, 0.1) is 26.9 Å². The fourth-order valence-electron chi connectivity index (χ4n) is 4.72. The van der Waals surface area contributed by atoms with Crippen molar-refractivity contribution in [2.45, 2.75) is 19.4 Å². The van der Waals surface area contributed by atoms with Gasteiger partial charge in [0, 0.05) is 30.7 Å². The summed E-state index contributed by atoms with van der Waals surface area (Å²) in [6, 6.07) is 24.1. The molecule has 3 aromatic carbocycles. The molecule has 4 aromatic rings. The van der Waals surface area contributed by atoms with E-state index in [-0.39, 0.29) is 5.91 Å². The van der Waals surface area contributed by atoms with Crippen molar-refractivity contribution >= 4 is 22.5 Å². The molecular formula is C29H32N4O3. The molecule has 1 N–H and O–H groups in total. The molecule has 36 heavy (non-hydrogen) atoms. The number of para-hydroxylation sites is 2. The lowest BCUT2D eigenvalue weighted by Crippen LogP contribution is -2.38. The molecule has 1 aromatic heterocycles. The van der Waals surface area contributed by atoms with E-state index in [1.165, 1.54) is 5.56 Å². The predicted molar refractivity (Wildman–Crippen MR) is 142 cm³/mol.